The summed E-state index contributed by atoms with van der Waals surface area (Å²) in [7, 11) is 0. The third-order valence-corrected chi connectivity index (χ3v) is 2.53. The van der Waals surface area contributed by atoms with Gasteiger partial charge in [-0.25, -0.2) is 0 Å². The first kappa shape index (κ1) is 10.8. The number of hydrogen-bond donors (Lipinski definition) is 0. The van der Waals surface area contributed by atoms with Crippen molar-refractivity contribution in [2.45, 2.75) is 19.8 Å². The van der Waals surface area contributed by atoms with Crippen molar-refractivity contribution in [3.05, 3.63) is 35.4 Å². The lowest BCUT2D eigenvalue weighted by atomic mass is 10.2. The SMILES string of the molecule is CC(C)c1nsc(Oc2cccc[n+]2[O-])n1. The summed E-state index contributed by atoms with van der Waals surface area (Å²) in [5.41, 5.74) is 0. The zero-order valence-corrected chi connectivity index (χ0v) is 9.77. The van der Waals surface area contributed by atoms with Crippen molar-refractivity contribution in [1.82, 2.24) is 9.36 Å². The van der Waals surface area contributed by atoms with E-state index < -0.39 is 0 Å². The van der Waals surface area contributed by atoms with Crippen molar-refractivity contribution in [3.63, 3.8) is 0 Å². The highest BCUT2D eigenvalue weighted by Gasteiger charge is 2.12. The molecule has 0 N–H and O–H groups in total. The molecule has 2 rings (SSSR count). The summed E-state index contributed by atoms with van der Waals surface area (Å²) in [6.07, 6.45) is 1.37. The molecule has 0 saturated heterocycles. The van der Waals surface area contributed by atoms with E-state index in [0.29, 0.717) is 9.92 Å². The van der Waals surface area contributed by atoms with Gasteiger partial charge in [0.1, 0.15) is 5.82 Å². The standard InChI is InChI=1S/C10H11N3O2S/c1-7(2)9-11-10(16-12-9)15-8-5-3-4-6-13(8)14/h3-7H,1-2H3. The van der Waals surface area contributed by atoms with E-state index in [0.717, 1.165) is 17.4 Å². The van der Waals surface area contributed by atoms with E-state index in [1.807, 2.05) is 13.8 Å². The average Bonchev–Trinajstić information content (AvgIpc) is 2.70. The Balaban J connectivity index is 2.18. The summed E-state index contributed by atoms with van der Waals surface area (Å²) >= 11 is 1.15. The fourth-order valence-electron chi connectivity index (χ4n) is 1.08. The summed E-state index contributed by atoms with van der Waals surface area (Å²) in [6.45, 7) is 4.00. The Hall–Kier alpha value is -1.69. The fourth-order valence-corrected chi connectivity index (χ4v) is 1.76. The van der Waals surface area contributed by atoms with Gasteiger partial charge in [-0.15, -0.1) is 4.73 Å². The van der Waals surface area contributed by atoms with Crippen LogP contribution in [-0.4, -0.2) is 9.36 Å². The number of ether oxygens (including phenoxy) is 1. The molecule has 0 saturated carbocycles. The number of hydrogen-bond acceptors (Lipinski definition) is 5. The van der Waals surface area contributed by atoms with Gasteiger partial charge in [0.2, 0.25) is 0 Å². The maximum Gasteiger partial charge on any atom is 0.386 e. The Morgan fingerprint density at radius 3 is 2.88 bits per heavy atom. The van der Waals surface area contributed by atoms with Crippen LogP contribution in [0.3, 0.4) is 0 Å². The molecule has 0 aliphatic carbocycles. The molecule has 0 aliphatic rings. The Labute approximate surface area is 97.1 Å². The molecular formula is C10H11N3O2S. The number of nitrogens with zero attached hydrogens (tertiary/aromatic N) is 3. The first-order chi connectivity index (χ1) is 7.66. The highest BCUT2D eigenvalue weighted by molar-refractivity contribution is 7.07. The molecule has 0 atom stereocenters. The predicted octanol–water partition coefficient (Wildman–Crippen LogP) is 2.09. The highest BCUT2D eigenvalue weighted by Crippen LogP contribution is 2.23. The molecule has 0 aromatic carbocycles. The fraction of sp³-hybridized carbons (Fsp3) is 0.300. The Morgan fingerprint density at radius 2 is 2.25 bits per heavy atom. The van der Waals surface area contributed by atoms with Gasteiger partial charge in [0.25, 0.3) is 0 Å². The van der Waals surface area contributed by atoms with Gasteiger partial charge in [0.15, 0.2) is 6.20 Å². The summed E-state index contributed by atoms with van der Waals surface area (Å²) in [4.78, 5) is 4.18. The molecule has 0 bridgehead atoms. The molecule has 5 nitrogen and oxygen atoms in total. The molecule has 0 fully saturated rings. The minimum Gasteiger partial charge on any atom is -0.616 e. The van der Waals surface area contributed by atoms with E-state index in [-0.39, 0.29) is 11.8 Å². The zero-order valence-electron chi connectivity index (χ0n) is 8.95. The monoisotopic (exact) mass is 237 g/mol. The topological polar surface area (TPSA) is 62.0 Å². The molecule has 0 radical (unpaired) electrons. The molecule has 0 aliphatic heterocycles. The van der Waals surface area contributed by atoms with Crippen LogP contribution in [0.4, 0.5) is 0 Å². The van der Waals surface area contributed by atoms with E-state index in [9.17, 15) is 5.21 Å². The molecule has 2 heterocycles. The highest BCUT2D eigenvalue weighted by atomic mass is 32.1. The first-order valence-corrected chi connectivity index (χ1v) is 5.64. The molecule has 2 aromatic heterocycles. The largest absolute Gasteiger partial charge is 0.616 e. The maximum atomic E-state index is 11.3. The van der Waals surface area contributed by atoms with E-state index in [4.69, 9.17) is 4.74 Å². The van der Waals surface area contributed by atoms with Gasteiger partial charge >= 0.3 is 11.1 Å². The Kier molecular flexibility index (Phi) is 3.00. The van der Waals surface area contributed by atoms with Gasteiger partial charge in [-0.2, -0.15) is 9.36 Å². The smallest absolute Gasteiger partial charge is 0.386 e. The normalized spacial score (nSPS) is 10.7. The molecule has 2 aromatic rings. The summed E-state index contributed by atoms with van der Waals surface area (Å²) in [5.74, 6) is 1.19. The van der Waals surface area contributed by atoms with E-state index in [1.54, 1.807) is 18.2 Å². The second kappa shape index (κ2) is 4.44. The number of aromatic nitrogens is 3. The lowest BCUT2D eigenvalue weighted by molar-refractivity contribution is -0.611. The van der Waals surface area contributed by atoms with Crippen LogP contribution in [-0.2, 0) is 0 Å². The lowest BCUT2D eigenvalue weighted by Gasteiger charge is -2.01. The van der Waals surface area contributed by atoms with Gasteiger partial charge in [-0.05, 0) is 6.07 Å². The van der Waals surface area contributed by atoms with Crippen LogP contribution in [0.5, 0.6) is 11.1 Å². The van der Waals surface area contributed by atoms with Gasteiger partial charge in [0.05, 0.1) is 6.07 Å². The summed E-state index contributed by atoms with van der Waals surface area (Å²) in [6, 6.07) is 4.96. The number of rotatable bonds is 3. The Morgan fingerprint density at radius 1 is 1.44 bits per heavy atom. The molecule has 0 unspecified atom stereocenters. The quantitative estimate of drug-likeness (QED) is 0.605. The van der Waals surface area contributed by atoms with Gasteiger partial charge < -0.3 is 9.94 Å². The minimum atomic E-state index is 0.203. The molecular weight excluding hydrogens is 226 g/mol. The van der Waals surface area contributed by atoms with Gasteiger partial charge in [-0.3, -0.25) is 0 Å². The van der Waals surface area contributed by atoms with Crippen molar-refractivity contribution in [2.75, 3.05) is 0 Å². The van der Waals surface area contributed by atoms with Crippen molar-refractivity contribution in [2.24, 2.45) is 0 Å². The molecule has 0 spiro atoms. The average molecular weight is 237 g/mol. The van der Waals surface area contributed by atoms with Crippen LogP contribution in [0, 0.1) is 5.21 Å². The van der Waals surface area contributed by atoms with Gasteiger partial charge in [0, 0.05) is 23.5 Å². The molecule has 6 heteroatoms. The molecule has 16 heavy (non-hydrogen) atoms. The third kappa shape index (κ3) is 2.27. The predicted molar refractivity (Wildman–Crippen MR) is 59.5 cm³/mol. The van der Waals surface area contributed by atoms with E-state index >= 15 is 0 Å². The van der Waals surface area contributed by atoms with Crippen LogP contribution in [0.15, 0.2) is 24.4 Å². The van der Waals surface area contributed by atoms with E-state index in [2.05, 4.69) is 9.36 Å². The second-order valence-corrected chi connectivity index (χ2v) is 4.25. The number of pyridine rings is 1. The lowest BCUT2D eigenvalue weighted by Crippen LogP contribution is -2.26. The van der Waals surface area contributed by atoms with Crippen LogP contribution in [0.2, 0.25) is 0 Å². The van der Waals surface area contributed by atoms with Crippen molar-refractivity contribution >= 4 is 11.5 Å². The van der Waals surface area contributed by atoms with E-state index in [1.165, 1.54) is 6.20 Å². The minimum absolute atomic E-state index is 0.203. The molecule has 0 amide bonds. The van der Waals surface area contributed by atoms with Crippen molar-refractivity contribution < 1.29 is 9.47 Å². The van der Waals surface area contributed by atoms with Crippen LogP contribution >= 0.6 is 11.5 Å². The Bertz CT molecular complexity index is 484. The van der Waals surface area contributed by atoms with Crippen LogP contribution in [0.25, 0.3) is 0 Å². The molecule has 84 valence electrons. The zero-order chi connectivity index (χ0) is 11.5. The van der Waals surface area contributed by atoms with Crippen LogP contribution < -0.4 is 9.47 Å². The van der Waals surface area contributed by atoms with Gasteiger partial charge in [-0.1, -0.05) is 13.8 Å². The maximum absolute atomic E-state index is 11.3. The second-order valence-electron chi connectivity index (χ2n) is 3.54. The van der Waals surface area contributed by atoms with Crippen LogP contribution in [0.1, 0.15) is 25.6 Å². The summed E-state index contributed by atoms with van der Waals surface area (Å²) < 4.78 is 10.1. The van der Waals surface area contributed by atoms with Crippen molar-refractivity contribution in [3.8, 4) is 11.1 Å². The van der Waals surface area contributed by atoms with Crippen molar-refractivity contribution in [1.29, 1.82) is 0 Å². The third-order valence-electron chi connectivity index (χ3n) is 1.92. The summed E-state index contributed by atoms with van der Waals surface area (Å²) in [5, 5.41) is 11.7. The first-order valence-electron chi connectivity index (χ1n) is 4.86.